The van der Waals surface area contributed by atoms with Crippen molar-refractivity contribution in [3.63, 3.8) is 0 Å². The maximum atomic E-state index is 12.2. The molecule has 1 aromatic carbocycles. The van der Waals surface area contributed by atoms with Crippen LogP contribution in [-0.4, -0.2) is 33.9 Å². The Morgan fingerprint density at radius 2 is 1.86 bits per heavy atom. The number of anilines is 2. The van der Waals surface area contributed by atoms with Gasteiger partial charge in [0.25, 0.3) is 5.91 Å². The van der Waals surface area contributed by atoms with Crippen LogP contribution < -0.4 is 5.32 Å². The van der Waals surface area contributed by atoms with Gasteiger partial charge < -0.3 is 10.2 Å². The molecule has 2 aromatic rings. The number of carbonyl (C=O) groups excluding carboxylic acids is 1. The second kappa shape index (κ2) is 6.13. The van der Waals surface area contributed by atoms with Crippen LogP contribution in [0.5, 0.6) is 0 Å². The summed E-state index contributed by atoms with van der Waals surface area (Å²) in [7, 11) is 0. The van der Waals surface area contributed by atoms with Crippen LogP contribution in [-0.2, 0) is 0 Å². The molecule has 22 heavy (non-hydrogen) atoms. The Hall–Kier alpha value is -2.43. The topological polar surface area (TPSA) is 58.1 Å². The van der Waals surface area contributed by atoms with Gasteiger partial charge in [0.2, 0.25) is 0 Å². The number of rotatable bonds is 3. The number of benzene rings is 1. The smallest absolute Gasteiger partial charge is 0.274 e. The lowest BCUT2D eigenvalue weighted by atomic mass is 10.1. The molecule has 0 unspecified atom stereocenters. The molecule has 1 saturated heterocycles. The lowest BCUT2D eigenvalue weighted by Crippen LogP contribution is -2.28. The number of hydrogen-bond donors (Lipinski definition) is 1. The molecule has 114 valence electrons. The van der Waals surface area contributed by atoms with Crippen molar-refractivity contribution in [1.82, 2.24) is 14.9 Å². The summed E-state index contributed by atoms with van der Waals surface area (Å²) in [5.74, 6) is 0.615. The molecule has 1 fully saturated rings. The fraction of sp³-hybridized carbons (Fsp3) is 0.353. The molecule has 5 nitrogen and oxygen atoms in total. The summed E-state index contributed by atoms with van der Waals surface area (Å²) in [6, 6.07) is 6.14. The monoisotopic (exact) mass is 296 g/mol. The Morgan fingerprint density at radius 1 is 1.09 bits per heavy atom. The van der Waals surface area contributed by atoms with E-state index in [0.717, 1.165) is 31.6 Å². The van der Waals surface area contributed by atoms with E-state index in [-0.39, 0.29) is 5.91 Å². The van der Waals surface area contributed by atoms with Crippen LogP contribution in [0.15, 0.2) is 30.6 Å². The lowest BCUT2D eigenvalue weighted by Gasteiger charge is -2.14. The highest BCUT2D eigenvalue weighted by Crippen LogP contribution is 2.18. The van der Waals surface area contributed by atoms with Gasteiger partial charge in [0.05, 0.1) is 12.4 Å². The third-order valence-electron chi connectivity index (χ3n) is 4.04. The van der Waals surface area contributed by atoms with E-state index in [4.69, 9.17) is 0 Å². The molecule has 1 aliphatic heterocycles. The summed E-state index contributed by atoms with van der Waals surface area (Å²) in [6.45, 7) is 5.80. The molecule has 0 atom stereocenters. The number of hydrogen-bond acceptors (Lipinski definition) is 4. The van der Waals surface area contributed by atoms with E-state index in [2.05, 4.69) is 41.3 Å². The van der Waals surface area contributed by atoms with Crippen molar-refractivity contribution in [2.45, 2.75) is 26.7 Å². The van der Waals surface area contributed by atoms with Gasteiger partial charge in [0.1, 0.15) is 11.5 Å². The third kappa shape index (κ3) is 3.08. The Bertz CT molecular complexity index is 676. The van der Waals surface area contributed by atoms with Crippen molar-refractivity contribution >= 4 is 17.4 Å². The van der Waals surface area contributed by atoms with Gasteiger partial charge in [-0.1, -0.05) is 6.07 Å². The van der Waals surface area contributed by atoms with Gasteiger partial charge in [0.15, 0.2) is 0 Å². The Balaban J connectivity index is 1.70. The molecule has 1 aliphatic rings. The maximum Gasteiger partial charge on any atom is 0.274 e. The molecule has 0 bridgehead atoms. The Morgan fingerprint density at radius 3 is 2.50 bits per heavy atom. The van der Waals surface area contributed by atoms with E-state index in [9.17, 15) is 4.79 Å². The number of aromatic nitrogens is 2. The molecule has 0 saturated carbocycles. The number of likely N-dealkylation sites (tertiary alicyclic amines) is 1. The number of amides is 1. The first-order valence-electron chi connectivity index (χ1n) is 7.59. The van der Waals surface area contributed by atoms with Gasteiger partial charge in [-0.15, -0.1) is 0 Å². The molecule has 3 rings (SSSR count). The first kappa shape index (κ1) is 14.5. The second-order valence-electron chi connectivity index (χ2n) is 5.71. The minimum atomic E-state index is -0.0252. The summed E-state index contributed by atoms with van der Waals surface area (Å²) in [5, 5.41) is 3.21. The average molecular weight is 296 g/mol. The van der Waals surface area contributed by atoms with E-state index in [1.807, 2.05) is 11.0 Å². The second-order valence-corrected chi connectivity index (χ2v) is 5.71. The van der Waals surface area contributed by atoms with Crippen LogP contribution in [0.1, 0.15) is 34.5 Å². The molecule has 2 heterocycles. The average Bonchev–Trinajstić information content (AvgIpc) is 3.05. The van der Waals surface area contributed by atoms with E-state index in [1.165, 1.54) is 11.1 Å². The van der Waals surface area contributed by atoms with Crippen LogP contribution in [0, 0.1) is 13.8 Å². The van der Waals surface area contributed by atoms with E-state index in [1.54, 1.807) is 12.4 Å². The third-order valence-corrected chi connectivity index (χ3v) is 4.04. The number of aryl methyl sites for hydroxylation is 2. The molecule has 0 aliphatic carbocycles. The van der Waals surface area contributed by atoms with Gasteiger partial charge in [-0.2, -0.15) is 0 Å². The van der Waals surface area contributed by atoms with Crippen molar-refractivity contribution in [3.05, 3.63) is 47.4 Å². The van der Waals surface area contributed by atoms with Crippen LogP contribution in [0.4, 0.5) is 11.5 Å². The van der Waals surface area contributed by atoms with E-state index < -0.39 is 0 Å². The van der Waals surface area contributed by atoms with Crippen LogP contribution in [0.3, 0.4) is 0 Å². The van der Waals surface area contributed by atoms with Crippen LogP contribution in [0.2, 0.25) is 0 Å². The summed E-state index contributed by atoms with van der Waals surface area (Å²) in [6.07, 6.45) is 5.31. The Labute approximate surface area is 130 Å². The van der Waals surface area contributed by atoms with Crippen molar-refractivity contribution in [3.8, 4) is 0 Å². The molecular formula is C17H20N4O. The fourth-order valence-corrected chi connectivity index (χ4v) is 2.55. The zero-order valence-corrected chi connectivity index (χ0v) is 13.0. The summed E-state index contributed by atoms with van der Waals surface area (Å²) in [4.78, 5) is 22.6. The molecular weight excluding hydrogens is 276 g/mol. The van der Waals surface area contributed by atoms with Crippen molar-refractivity contribution < 1.29 is 4.79 Å². The van der Waals surface area contributed by atoms with Gasteiger partial charge >= 0.3 is 0 Å². The fourth-order valence-electron chi connectivity index (χ4n) is 2.55. The highest BCUT2D eigenvalue weighted by molar-refractivity contribution is 5.92. The van der Waals surface area contributed by atoms with Crippen molar-refractivity contribution in [2.75, 3.05) is 18.4 Å². The van der Waals surface area contributed by atoms with Gasteiger partial charge in [-0.25, -0.2) is 9.97 Å². The van der Waals surface area contributed by atoms with E-state index >= 15 is 0 Å². The summed E-state index contributed by atoms with van der Waals surface area (Å²) >= 11 is 0. The lowest BCUT2D eigenvalue weighted by molar-refractivity contribution is 0.0786. The van der Waals surface area contributed by atoms with Gasteiger partial charge in [-0.05, 0) is 49.9 Å². The molecule has 0 radical (unpaired) electrons. The highest BCUT2D eigenvalue weighted by atomic mass is 16.2. The molecule has 1 N–H and O–H groups in total. The molecule has 0 spiro atoms. The quantitative estimate of drug-likeness (QED) is 0.945. The number of nitrogens with one attached hydrogen (secondary N) is 1. The predicted molar refractivity (Wildman–Crippen MR) is 86.4 cm³/mol. The zero-order valence-electron chi connectivity index (χ0n) is 13.0. The predicted octanol–water partition coefficient (Wildman–Crippen LogP) is 3.07. The largest absolute Gasteiger partial charge is 0.339 e. The van der Waals surface area contributed by atoms with Crippen molar-refractivity contribution in [2.24, 2.45) is 0 Å². The minimum absolute atomic E-state index is 0.0252. The summed E-state index contributed by atoms with van der Waals surface area (Å²) < 4.78 is 0. The zero-order chi connectivity index (χ0) is 15.5. The maximum absolute atomic E-state index is 12.2. The first-order valence-corrected chi connectivity index (χ1v) is 7.59. The molecule has 1 amide bonds. The highest BCUT2D eigenvalue weighted by Gasteiger charge is 2.20. The Kier molecular flexibility index (Phi) is 4.04. The van der Waals surface area contributed by atoms with Gasteiger partial charge in [0, 0.05) is 18.8 Å². The normalized spacial score (nSPS) is 14.2. The molecule has 1 aromatic heterocycles. The minimum Gasteiger partial charge on any atom is -0.339 e. The number of nitrogens with zero attached hydrogens (tertiary/aromatic N) is 3. The SMILES string of the molecule is Cc1ccc(Nc2cnc(C(=O)N3CCCC3)cn2)cc1C. The summed E-state index contributed by atoms with van der Waals surface area (Å²) in [5.41, 5.74) is 3.85. The molecule has 5 heteroatoms. The first-order chi connectivity index (χ1) is 10.6. The van der Waals surface area contributed by atoms with E-state index in [0.29, 0.717) is 11.5 Å². The van der Waals surface area contributed by atoms with Gasteiger partial charge in [-0.3, -0.25) is 4.79 Å². The standard InChI is InChI=1S/C17H20N4O/c1-12-5-6-14(9-13(12)2)20-16-11-18-15(10-19-16)17(22)21-7-3-4-8-21/h5-6,9-11H,3-4,7-8H2,1-2H3,(H,19,20). The van der Waals surface area contributed by atoms with Crippen molar-refractivity contribution in [1.29, 1.82) is 0 Å². The van der Waals surface area contributed by atoms with Crippen LogP contribution in [0.25, 0.3) is 0 Å². The number of carbonyl (C=O) groups is 1. The van der Waals surface area contributed by atoms with Crippen LogP contribution >= 0.6 is 0 Å².